The second-order valence-electron chi connectivity index (χ2n) is 5.12. The molecule has 8 heteroatoms. The van der Waals surface area contributed by atoms with Crippen LogP contribution in [0, 0.1) is 23.0 Å². The van der Waals surface area contributed by atoms with Crippen LogP contribution in [-0.4, -0.2) is 15.9 Å². The zero-order valence-electron chi connectivity index (χ0n) is 13.2. The number of halogens is 2. The van der Waals surface area contributed by atoms with Crippen LogP contribution in [0.5, 0.6) is 0 Å². The largest absolute Gasteiger partial charge is 0.339 e. The Balaban J connectivity index is 1.83. The van der Waals surface area contributed by atoms with E-state index in [1.54, 1.807) is 24.3 Å². The summed E-state index contributed by atoms with van der Waals surface area (Å²) in [5.74, 6) is -2.34. The van der Waals surface area contributed by atoms with E-state index < -0.39 is 23.2 Å². The maximum atomic E-state index is 13.6. The Morgan fingerprint density at radius 3 is 2.50 bits per heavy atom. The van der Waals surface area contributed by atoms with Crippen LogP contribution >= 0.6 is 0 Å². The molecule has 6 nitrogen and oxygen atoms in total. The van der Waals surface area contributed by atoms with E-state index in [0.29, 0.717) is 11.3 Å². The maximum Gasteiger partial charge on any atom is 0.274 e. The number of hydrogen-bond donors (Lipinski definition) is 2. The van der Waals surface area contributed by atoms with Gasteiger partial charge in [0.25, 0.3) is 5.91 Å². The lowest BCUT2D eigenvalue weighted by atomic mass is 10.2. The SMILES string of the molecule is N#Cc1ccccc1Nc1cc(C(=O)Nc2c(F)cccc2F)ncn1. The van der Waals surface area contributed by atoms with E-state index >= 15 is 0 Å². The summed E-state index contributed by atoms with van der Waals surface area (Å²) >= 11 is 0. The molecule has 2 aromatic carbocycles. The molecular weight excluding hydrogens is 340 g/mol. The van der Waals surface area contributed by atoms with E-state index in [2.05, 4.69) is 20.6 Å². The molecule has 3 aromatic rings. The minimum atomic E-state index is -0.895. The second kappa shape index (κ2) is 7.36. The molecule has 0 saturated carbocycles. The Bertz CT molecular complexity index is 996. The molecule has 0 aliphatic carbocycles. The first-order valence-electron chi connectivity index (χ1n) is 7.42. The van der Waals surface area contributed by atoms with Crippen LogP contribution < -0.4 is 10.6 Å². The van der Waals surface area contributed by atoms with Crippen molar-refractivity contribution in [1.82, 2.24) is 9.97 Å². The van der Waals surface area contributed by atoms with E-state index in [9.17, 15) is 13.6 Å². The number of benzene rings is 2. The summed E-state index contributed by atoms with van der Waals surface area (Å²) in [7, 11) is 0. The van der Waals surface area contributed by atoms with Gasteiger partial charge in [0, 0.05) is 6.07 Å². The average Bonchev–Trinajstić information content (AvgIpc) is 2.65. The van der Waals surface area contributed by atoms with Crippen LogP contribution in [0.4, 0.5) is 26.0 Å². The molecule has 0 bridgehead atoms. The Kier molecular flexibility index (Phi) is 4.80. The number of aromatic nitrogens is 2. The molecule has 0 aliphatic rings. The van der Waals surface area contributed by atoms with Gasteiger partial charge in [-0.2, -0.15) is 5.26 Å². The van der Waals surface area contributed by atoms with Crippen LogP contribution in [0.25, 0.3) is 0 Å². The van der Waals surface area contributed by atoms with Gasteiger partial charge in [-0.3, -0.25) is 4.79 Å². The van der Waals surface area contributed by atoms with E-state index in [-0.39, 0.29) is 11.5 Å². The van der Waals surface area contributed by atoms with Crippen molar-refractivity contribution in [2.24, 2.45) is 0 Å². The quantitative estimate of drug-likeness (QED) is 0.749. The fourth-order valence-corrected chi connectivity index (χ4v) is 2.17. The highest BCUT2D eigenvalue weighted by Crippen LogP contribution is 2.21. The van der Waals surface area contributed by atoms with Gasteiger partial charge in [-0.15, -0.1) is 0 Å². The molecule has 2 N–H and O–H groups in total. The molecule has 0 fully saturated rings. The number of amides is 1. The highest BCUT2D eigenvalue weighted by Gasteiger charge is 2.15. The third-order valence-electron chi connectivity index (χ3n) is 3.41. The highest BCUT2D eigenvalue weighted by molar-refractivity contribution is 6.03. The summed E-state index contributed by atoms with van der Waals surface area (Å²) in [4.78, 5) is 20.0. The first kappa shape index (κ1) is 17.0. The Hall–Kier alpha value is -3.86. The van der Waals surface area contributed by atoms with Gasteiger partial charge < -0.3 is 10.6 Å². The van der Waals surface area contributed by atoms with Crippen molar-refractivity contribution in [3.63, 3.8) is 0 Å². The number of rotatable bonds is 4. The Morgan fingerprint density at radius 2 is 1.77 bits per heavy atom. The predicted octanol–water partition coefficient (Wildman–Crippen LogP) is 3.62. The maximum absolute atomic E-state index is 13.6. The molecule has 1 heterocycles. The third kappa shape index (κ3) is 3.62. The van der Waals surface area contributed by atoms with Gasteiger partial charge in [0.05, 0.1) is 11.3 Å². The average molecular weight is 351 g/mol. The van der Waals surface area contributed by atoms with Crippen LogP contribution in [0.15, 0.2) is 54.9 Å². The topological polar surface area (TPSA) is 90.7 Å². The molecule has 0 unspecified atom stereocenters. The number of nitrogens with zero attached hydrogens (tertiary/aromatic N) is 3. The molecule has 0 saturated heterocycles. The van der Waals surface area contributed by atoms with Crippen molar-refractivity contribution < 1.29 is 13.6 Å². The van der Waals surface area contributed by atoms with Gasteiger partial charge in [0.1, 0.15) is 41.2 Å². The van der Waals surface area contributed by atoms with E-state index in [4.69, 9.17) is 5.26 Å². The zero-order valence-corrected chi connectivity index (χ0v) is 13.2. The lowest BCUT2D eigenvalue weighted by Gasteiger charge is -2.09. The number of carbonyl (C=O) groups excluding carboxylic acids is 1. The van der Waals surface area contributed by atoms with E-state index in [0.717, 1.165) is 18.5 Å². The van der Waals surface area contributed by atoms with Gasteiger partial charge in [-0.05, 0) is 24.3 Å². The van der Waals surface area contributed by atoms with Crippen LogP contribution in [-0.2, 0) is 0 Å². The molecule has 0 aliphatic heterocycles. The highest BCUT2D eigenvalue weighted by atomic mass is 19.1. The number of nitrogens with one attached hydrogen (secondary N) is 2. The van der Waals surface area contributed by atoms with Crippen molar-refractivity contribution >= 4 is 23.1 Å². The van der Waals surface area contributed by atoms with Gasteiger partial charge in [0.2, 0.25) is 0 Å². The molecule has 1 amide bonds. The lowest BCUT2D eigenvalue weighted by molar-refractivity contribution is 0.102. The number of para-hydroxylation sites is 2. The number of nitriles is 1. The molecule has 3 rings (SSSR count). The number of anilines is 3. The third-order valence-corrected chi connectivity index (χ3v) is 3.41. The van der Waals surface area contributed by atoms with Crippen LogP contribution in [0.3, 0.4) is 0 Å². The summed E-state index contributed by atoms with van der Waals surface area (Å²) in [5, 5.41) is 14.2. The van der Waals surface area contributed by atoms with Crippen molar-refractivity contribution in [2.75, 3.05) is 10.6 Å². The van der Waals surface area contributed by atoms with Gasteiger partial charge >= 0.3 is 0 Å². The summed E-state index contributed by atoms with van der Waals surface area (Å²) in [5.41, 5.74) is 0.241. The van der Waals surface area contributed by atoms with E-state index in [1.165, 1.54) is 12.1 Å². The fraction of sp³-hybridized carbons (Fsp3) is 0. The smallest absolute Gasteiger partial charge is 0.274 e. The van der Waals surface area contributed by atoms with Crippen molar-refractivity contribution in [2.45, 2.75) is 0 Å². The number of carbonyl (C=O) groups is 1. The standard InChI is InChI=1S/C18H11F2N5O/c19-12-5-3-6-13(20)17(12)25-18(26)15-8-16(23-10-22-15)24-14-7-2-1-4-11(14)9-21/h1-8,10H,(H,25,26)(H,22,23,24). The monoisotopic (exact) mass is 351 g/mol. The van der Waals surface area contributed by atoms with Crippen LogP contribution in [0.2, 0.25) is 0 Å². The first-order chi connectivity index (χ1) is 12.6. The van der Waals surface area contributed by atoms with Crippen LogP contribution in [0.1, 0.15) is 16.1 Å². The van der Waals surface area contributed by atoms with Gasteiger partial charge in [0.15, 0.2) is 0 Å². The first-order valence-corrected chi connectivity index (χ1v) is 7.42. The van der Waals surface area contributed by atoms with Crippen molar-refractivity contribution in [1.29, 1.82) is 5.26 Å². The molecule has 0 spiro atoms. The number of hydrogen-bond acceptors (Lipinski definition) is 5. The van der Waals surface area contributed by atoms with E-state index in [1.807, 2.05) is 6.07 Å². The fourth-order valence-electron chi connectivity index (χ4n) is 2.17. The van der Waals surface area contributed by atoms with Crippen molar-refractivity contribution in [3.05, 3.63) is 77.8 Å². The Labute approximate surface area is 147 Å². The lowest BCUT2D eigenvalue weighted by Crippen LogP contribution is -2.16. The summed E-state index contributed by atoms with van der Waals surface area (Å²) in [6.45, 7) is 0. The minimum absolute atomic E-state index is 0.0976. The van der Waals surface area contributed by atoms with Crippen molar-refractivity contribution in [3.8, 4) is 6.07 Å². The van der Waals surface area contributed by atoms with Gasteiger partial charge in [-0.1, -0.05) is 18.2 Å². The molecular formula is C18H11F2N5O. The molecule has 0 radical (unpaired) electrons. The molecule has 1 aromatic heterocycles. The summed E-state index contributed by atoms with van der Waals surface area (Å²) in [6, 6.07) is 13.3. The van der Waals surface area contributed by atoms with Gasteiger partial charge in [-0.25, -0.2) is 18.7 Å². The second-order valence-corrected chi connectivity index (χ2v) is 5.12. The molecule has 0 atom stereocenters. The predicted molar refractivity (Wildman–Crippen MR) is 90.8 cm³/mol. The summed E-state index contributed by atoms with van der Waals surface area (Å²) in [6.07, 6.45) is 1.13. The normalized spacial score (nSPS) is 10.0. The zero-order chi connectivity index (χ0) is 18.5. The molecule has 26 heavy (non-hydrogen) atoms. The molecule has 128 valence electrons. The summed E-state index contributed by atoms with van der Waals surface area (Å²) < 4.78 is 27.3. The minimum Gasteiger partial charge on any atom is -0.339 e. The Morgan fingerprint density at radius 1 is 1.04 bits per heavy atom.